The quantitative estimate of drug-likeness (QED) is 0.143. The number of para-hydroxylation sites is 2. The van der Waals surface area contributed by atoms with Crippen molar-refractivity contribution in [2.75, 3.05) is 0 Å². The van der Waals surface area contributed by atoms with Crippen LogP contribution in [-0.2, 0) is 0 Å². The van der Waals surface area contributed by atoms with E-state index < -0.39 is 8.07 Å². The summed E-state index contributed by atoms with van der Waals surface area (Å²) in [6, 6.07) is 70.9. The second kappa shape index (κ2) is 15.3. The van der Waals surface area contributed by atoms with Gasteiger partial charge in [-0.2, -0.15) is 0 Å². The summed E-state index contributed by atoms with van der Waals surface area (Å²) in [7, 11) is -2.52. The maximum Gasteiger partial charge on any atom is 0.144 e. The third kappa shape index (κ3) is 6.31. The molecule has 318 valence electrons. The van der Waals surface area contributed by atoms with Gasteiger partial charge in [-0.1, -0.05) is 98.0 Å². The molecule has 7 heterocycles. The number of allylic oxidation sites excluding steroid dienone is 2. The molecule has 0 bridgehead atoms. The molecule has 13 rings (SSSR count). The Hall–Kier alpha value is -8.52. The normalized spacial score (nSPS) is 13.8. The van der Waals surface area contributed by atoms with E-state index in [1.165, 1.54) is 65.6 Å². The molecule has 6 aromatic heterocycles. The highest BCUT2D eigenvalue weighted by molar-refractivity contribution is 7.13. The van der Waals surface area contributed by atoms with Crippen molar-refractivity contribution >= 4 is 73.5 Å². The van der Waals surface area contributed by atoms with E-state index in [-0.39, 0.29) is 0 Å². The topological polar surface area (TPSA) is 45.5 Å². The molecule has 0 saturated heterocycles. The number of fused-ring (bicyclic) bond motifs is 4. The van der Waals surface area contributed by atoms with E-state index >= 15 is 0 Å². The van der Waals surface area contributed by atoms with E-state index in [2.05, 4.69) is 238 Å². The molecule has 0 atom stereocenters. The average Bonchev–Trinajstić information content (AvgIpc) is 4.23. The monoisotopic (exact) mass is 876 g/mol. The molecule has 67 heavy (non-hydrogen) atoms. The Bertz CT molecular complexity index is 3660. The molecule has 0 fully saturated rings. The number of pyridine rings is 2. The first-order valence-corrected chi connectivity index (χ1v) is 25.9. The standard InChI is InChI=1S/C60H44N6Si/c1-67(2)57(45-19-27-51(28-20-45)65-39-33-47-11-7-35-61-59(47)65)55(43-15-23-49(24-16-43)63-37-31-41-9-3-5-13-53(41)63)56(44-17-25-50(26-18-44)64-38-32-42-10-4-6-14-54(42)64)58(67)46-21-29-52(30-22-46)66-40-34-48-12-8-36-62-60(48)66/h3-40H,1-2H3. The lowest BCUT2D eigenvalue weighted by molar-refractivity contribution is 1.09. The molecule has 0 spiro atoms. The van der Waals surface area contributed by atoms with Gasteiger partial charge in [-0.05, 0) is 164 Å². The van der Waals surface area contributed by atoms with Gasteiger partial charge < -0.3 is 18.3 Å². The molecule has 6 aromatic carbocycles. The highest BCUT2D eigenvalue weighted by Gasteiger charge is 2.44. The highest BCUT2D eigenvalue weighted by Crippen LogP contribution is 2.56. The summed E-state index contributed by atoms with van der Waals surface area (Å²) in [6.07, 6.45) is 12.3. The third-order valence-corrected chi connectivity index (χ3v) is 17.4. The Balaban J connectivity index is 1.02. The van der Waals surface area contributed by atoms with Crippen molar-refractivity contribution in [2.24, 2.45) is 0 Å². The Labute approximate surface area is 389 Å². The smallest absolute Gasteiger partial charge is 0.144 e. The Morgan fingerprint density at radius 2 is 0.642 bits per heavy atom. The van der Waals surface area contributed by atoms with Gasteiger partial charge in [0.15, 0.2) is 0 Å². The van der Waals surface area contributed by atoms with Crippen molar-refractivity contribution in [1.82, 2.24) is 28.2 Å². The minimum Gasteiger partial charge on any atom is -0.317 e. The summed E-state index contributed by atoms with van der Waals surface area (Å²) in [4.78, 5) is 9.48. The van der Waals surface area contributed by atoms with Crippen LogP contribution in [0.5, 0.6) is 0 Å². The maximum absolute atomic E-state index is 4.74. The SMILES string of the molecule is C[Si]1(C)C(c2ccc(-n3ccc4cccnc43)cc2)=C(c2ccc(-n3ccc4ccccc43)cc2)C(c2ccc(-n3ccc4ccccc43)cc2)=C1c1ccc(-n2ccc3cccnc32)cc1. The molecule has 1 aliphatic rings. The van der Waals surface area contributed by atoms with E-state index in [9.17, 15) is 0 Å². The van der Waals surface area contributed by atoms with Gasteiger partial charge in [0.2, 0.25) is 0 Å². The van der Waals surface area contributed by atoms with Crippen LogP contribution in [0.3, 0.4) is 0 Å². The van der Waals surface area contributed by atoms with Gasteiger partial charge in [0, 0.05) is 70.7 Å². The number of hydrogen-bond donors (Lipinski definition) is 0. The van der Waals surface area contributed by atoms with Crippen LogP contribution in [0, 0.1) is 0 Å². The first-order valence-electron chi connectivity index (χ1n) is 22.9. The number of nitrogens with zero attached hydrogens (tertiary/aromatic N) is 6. The molecule has 0 aliphatic carbocycles. The molecule has 7 heteroatoms. The first-order chi connectivity index (χ1) is 33.0. The molecule has 0 saturated carbocycles. The van der Waals surface area contributed by atoms with Crippen LogP contribution in [0.25, 0.3) is 88.2 Å². The lowest BCUT2D eigenvalue weighted by Gasteiger charge is -2.27. The minimum atomic E-state index is -2.52. The molecule has 6 nitrogen and oxygen atoms in total. The molecule has 0 unspecified atom stereocenters. The highest BCUT2D eigenvalue weighted by atomic mass is 28.3. The van der Waals surface area contributed by atoms with Gasteiger partial charge in [0.25, 0.3) is 0 Å². The summed E-state index contributed by atoms with van der Waals surface area (Å²) in [5.41, 5.74) is 16.2. The van der Waals surface area contributed by atoms with Gasteiger partial charge in [-0.3, -0.25) is 0 Å². The summed E-state index contributed by atoms with van der Waals surface area (Å²) in [6.45, 7) is 5.08. The van der Waals surface area contributed by atoms with Gasteiger partial charge >= 0.3 is 0 Å². The molecule has 0 amide bonds. The van der Waals surface area contributed by atoms with E-state index in [0.29, 0.717) is 0 Å². The first kappa shape index (κ1) is 38.9. The van der Waals surface area contributed by atoms with Crippen LogP contribution in [0.2, 0.25) is 13.1 Å². The van der Waals surface area contributed by atoms with Gasteiger partial charge in [-0.25, -0.2) is 9.97 Å². The average molecular weight is 877 g/mol. The minimum absolute atomic E-state index is 0.955. The van der Waals surface area contributed by atoms with Crippen molar-refractivity contribution in [3.63, 3.8) is 0 Å². The summed E-state index contributed by atoms with van der Waals surface area (Å²) in [5, 5.41) is 7.54. The second-order valence-electron chi connectivity index (χ2n) is 18.0. The van der Waals surface area contributed by atoms with Crippen LogP contribution < -0.4 is 0 Å². The van der Waals surface area contributed by atoms with Crippen LogP contribution in [0.1, 0.15) is 22.3 Å². The molecule has 0 radical (unpaired) electrons. The Kier molecular flexibility index (Phi) is 8.88. The molecule has 0 N–H and O–H groups in total. The van der Waals surface area contributed by atoms with E-state index in [1.807, 2.05) is 24.5 Å². The number of hydrogen-bond acceptors (Lipinski definition) is 2. The van der Waals surface area contributed by atoms with Crippen molar-refractivity contribution in [2.45, 2.75) is 13.1 Å². The second-order valence-corrected chi connectivity index (χ2v) is 22.3. The largest absolute Gasteiger partial charge is 0.317 e. The number of benzene rings is 6. The van der Waals surface area contributed by atoms with E-state index in [4.69, 9.17) is 9.97 Å². The zero-order valence-corrected chi connectivity index (χ0v) is 38.1. The van der Waals surface area contributed by atoms with Crippen molar-refractivity contribution < 1.29 is 0 Å². The van der Waals surface area contributed by atoms with Crippen LogP contribution >= 0.6 is 0 Å². The fourth-order valence-electron chi connectivity index (χ4n) is 10.7. The summed E-state index contributed by atoms with van der Waals surface area (Å²) < 4.78 is 8.95. The predicted molar refractivity (Wildman–Crippen MR) is 280 cm³/mol. The van der Waals surface area contributed by atoms with Crippen LogP contribution in [0.15, 0.2) is 231 Å². The Morgan fingerprint density at radius 3 is 1.06 bits per heavy atom. The van der Waals surface area contributed by atoms with Crippen molar-refractivity contribution in [3.05, 3.63) is 254 Å². The fourth-order valence-corrected chi connectivity index (χ4v) is 14.5. The molecular formula is C60H44N6Si. The van der Waals surface area contributed by atoms with Crippen molar-refractivity contribution in [3.8, 4) is 22.7 Å². The number of aromatic nitrogens is 6. The zero-order valence-electron chi connectivity index (χ0n) is 37.1. The lowest BCUT2D eigenvalue weighted by Crippen LogP contribution is -2.28. The Morgan fingerprint density at radius 1 is 0.313 bits per heavy atom. The summed E-state index contributed by atoms with van der Waals surface area (Å²) in [5.74, 6) is 0. The van der Waals surface area contributed by atoms with Crippen LogP contribution in [0.4, 0.5) is 0 Å². The summed E-state index contributed by atoms with van der Waals surface area (Å²) >= 11 is 0. The molecule has 12 aromatic rings. The van der Waals surface area contributed by atoms with Crippen LogP contribution in [-0.4, -0.2) is 36.3 Å². The van der Waals surface area contributed by atoms with Gasteiger partial charge in [-0.15, -0.1) is 0 Å². The fraction of sp³-hybridized carbons (Fsp3) is 0.0333. The third-order valence-electron chi connectivity index (χ3n) is 13.8. The lowest BCUT2D eigenvalue weighted by atomic mass is 9.89. The zero-order chi connectivity index (χ0) is 44.6. The van der Waals surface area contributed by atoms with E-state index in [1.54, 1.807) is 0 Å². The molecule has 1 aliphatic heterocycles. The van der Waals surface area contributed by atoms with Crippen molar-refractivity contribution in [1.29, 1.82) is 0 Å². The molecular weight excluding hydrogens is 833 g/mol. The number of rotatable bonds is 8. The van der Waals surface area contributed by atoms with Gasteiger partial charge in [0.1, 0.15) is 19.4 Å². The maximum atomic E-state index is 4.74. The van der Waals surface area contributed by atoms with Gasteiger partial charge in [0.05, 0.1) is 11.0 Å². The predicted octanol–water partition coefficient (Wildman–Crippen LogP) is 14.6. The van der Waals surface area contributed by atoms with E-state index in [0.717, 1.165) is 44.8 Å².